The maximum absolute atomic E-state index is 6.12. The van der Waals surface area contributed by atoms with Crippen molar-refractivity contribution in [1.29, 1.82) is 0 Å². The highest BCUT2D eigenvalue weighted by molar-refractivity contribution is 9.10. The predicted molar refractivity (Wildman–Crippen MR) is 43.1 cm³/mol. The van der Waals surface area contributed by atoms with E-state index in [-0.39, 0.29) is 4.87 Å². The molecule has 0 aromatic carbocycles. The molecule has 1 aliphatic carbocycles. The van der Waals surface area contributed by atoms with Gasteiger partial charge >= 0.3 is 0 Å². The summed E-state index contributed by atoms with van der Waals surface area (Å²) in [4.78, 5) is -0.130. The summed E-state index contributed by atoms with van der Waals surface area (Å²) in [5, 5.41) is 6.75. The molecule has 54 valence electrons. The number of hydrogen-bond acceptors (Lipinski definition) is 1. The maximum atomic E-state index is 6.12. The molecule has 1 aromatic rings. The van der Waals surface area contributed by atoms with E-state index in [1.54, 1.807) is 6.20 Å². The maximum Gasteiger partial charge on any atom is 0.0873 e. The molecule has 1 saturated carbocycles. The highest BCUT2D eigenvalue weighted by Gasteiger charge is 2.45. The molecule has 0 amide bonds. The first-order valence-corrected chi connectivity index (χ1v) is 4.28. The van der Waals surface area contributed by atoms with Gasteiger partial charge in [0.1, 0.15) is 0 Å². The van der Waals surface area contributed by atoms with Crippen LogP contribution in [0.25, 0.3) is 0 Å². The molecular formula is C6H6BrClN2. The summed E-state index contributed by atoms with van der Waals surface area (Å²) >= 11 is 9.48. The number of halogens is 2. The normalized spacial score (nSPS) is 21.0. The van der Waals surface area contributed by atoms with E-state index >= 15 is 0 Å². The van der Waals surface area contributed by atoms with Crippen LogP contribution >= 0.6 is 27.5 Å². The molecule has 0 spiro atoms. The molecule has 0 aliphatic heterocycles. The van der Waals surface area contributed by atoms with Crippen molar-refractivity contribution in [2.75, 3.05) is 0 Å². The molecule has 10 heavy (non-hydrogen) atoms. The Balaban J connectivity index is 2.42. The van der Waals surface area contributed by atoms with Crippen molar-refractivity contribution in [3.8, 4) is 0 Å². The summed E-state index contributed by atoms with van der Waals surface area (Å²) in [6.07, 6.45) is 3.84. The second-order valence-corrected chi connectivity index (χ2v) is 4.14. The van der Waals surface area contributed by atoms with Gasteiger partial charge in [-0.1, -0.05) is 0 Å². The second kappa shape index (κ2) is 1.98. The SMILES string of the molecule is ClC1(c2[nH]ncc2Br)CC1. The van der Waals surface area contributed by atoms with Crippen LogP contribution in [0.5, 0.6) is 0 Å². The molecule has 1 fully saturated rings. The quantitative estimate of drug-likeness (QED) is 0.725. The largest absolute Gasteiger partial charge is 0.280 e. The van der Waals surface area contributed by atoms with Crippen LogP contribution in [0.1, 0.15) is 18.5 Å². The van der Waals surface area contributed by atoms with Crippen LogP contribution in [0, 0.1) is 0 Å². The predicted octanol–water partition coefficient (Wildman–Crippen LogP) is 2.40. The molecule has 1 aliphatic rings. The number of nitrogens with zero attached hydrogens (tertiary/aromatic N) is 1. The molecule has 2 rings (SSSR count). The van der Waals surface area contributed by atoms with E-state index in [0.717, 1.165) is 23.0 Å². The lowest BCUT2D eigenvalue weighted by Crippen LogP contribution is -1.96. The van der Waals surface area contributed by atoms with E-state index in [9.17, 15) is 0 Å². The monoisotopic (exact) mass is 220 g/mol. The van der Waals surface area contributed by atoms with Crippen molar-refractivity contribution in [3.63, 3.8) is 0 Å². The Morgan fingerprint density at radius 3 is 2.80 bits per heavy atom. The van der Waals surface area contributed by atoms with Gasteiger partial charge in [0, 0.05) is 0 Å². The zero-order valence-electron chi connectivity index (χ0n) is 5.19. The molecule has 0 atom stereocenters. The number of hydrogen-bond donors (Lipinski definition) is 1. The molecular weight excluding hydrogens is 215 g/mol. The van der Waals surface area contributed by atoms with Gasteiger partial charge < -0.3 is 0 Å². The summed E-state index contributed by atoms with van der Waals surface area (Å²) in [7, 11) is 0. The van der Waals surface area contributed by atoms with Crippen LogP contribution < -0.4 is 0 Å². The Hall–Kier alpha value is -0.0200. The van der Waals surface area contributed by atoms with Gasteiger partial charge in [-0.15, -0.1) is 11.6 Å². The fourth-order valence-electron chi connectivity index (χ4n) is 0.945. The molecule has 0 radical (unpaired) electrons. The summed E-state index contributed by atoms with van der Waals surface area (Å²) < 4.78 is 0.986. The van der Waals surface area contributed by atoms with Gasteiger partial charge in [-0.2, -0.15) is 5.10 Å². The molecule has 1 aromatic heterocycles. The average molecular weight is 221 g/mol. The van der Waals surface area contributed by atoms with Crippen LogP contribution in [0.15, 0.2) is 10.7 Å². The number of alkyl halides is 1. The third-order valence-electron chi connectivity index (χ3n) is 1.73. The van der Waals surface area contributed by atoms with Gasteiger partial charge in [0.15, 0.2) is 0 Å². The van der Waals surface area contributed by atoms with Gasteiger partial charge in [0.2, 0.25) is 0 Å². The second-order valence-electron chi connectivity index (χ2n) is 2.56. The van der Waals surface area contributed by atoms with Crippen LogP contribution in [0.2, 0.25) is 0 Å². The van der Waals surface area contributed by atoms with Crippen molar-refractivity contribution in [3.05, 3.63) is 16.4 Å². The fraction of sp³-hybridized carbons (Fsp3) is 0.500. The highest BCUT2D eigenvalue weighted by Crippen LogP contribution is 2.52. The first-order chi connectivity index (χ1) is 4.72. The summed E-state index contributed by atoms with van der Waals surface area (Å²) in [5.41, 5.74) is 1.02. The summed E-state index contributed by atoms with van der Waals surface area (Å²) in [6.45, 7) is 0. The van der Waals surface area contributed by atoms with Crippen LogP contribution in [0.3, 0.4) is 0 Å². The Bertz CT molecular complexity index is 254. The smallest absolute Gasteiger partial charge is 0.0873 e. The van der Waals surface area contributed by atoms with Crippen LogP contribution in [0.4, 0.5) is 0 Å². The van der Waals surface area contributed by atoms with E-state index in [1.807, 2.05) is 0 Å². The minimum Gasteiger partial charge on any atom is -0.280 e. The zero-order valence-corrected chi connectivity index (χ0v) is 7.54. The Morgan fingerprint density at radius 1 is 1.70 bits per heavy atom. The lowest BCUT2D eigenvalue weighted by atomic mass is 10.3. The lowest BCUT2D eigenvalue weighted by molar-refractivity contribution is 0.901. The molecule has 2 nitrogen and oxygen atoms in total. The molecule has 0 bridgehead atoms. The van der Waals surface area contributed by atoms with Crippen molar-refractivity contribution < 1.29 is 0 Å². The number of nitrogens with one attached hydrogen (secondary N) is 1. The van der Waals surface area contributed by atoms with Crippen molar-refractivity contribution >= 4 is 27.5 Å². The van der Waals surface area contributed by atoms with E-state index in [2.05, 4.69) is 26.1 Å². The standard InChI is InChI=1S/C6H6BrClN2/c7-4-3-9-10-5(4)6(8)1-2-6/h3H,1-2H2,(H,9,10). The number of aromatic amines is 1. The lowest BCUT2D eigenvalue weighted by Gasteiger charge is -2.00. The fourth-order valence-corrected chi connectivity index (χ4v) is 1.87. The third kappa shape index (κ3) is 0.883. The minimum absolute atomic E-state index is 0.130. The molecule has 0 unspecified atom stereocenters. The van der Waals surface area contributed by atoms with E-state index < -0.39 is 0 Å². The Labute approximate surface area is 72.1 Å². The van der Waals surface area contributed by atoms with Crippen LogP contribution in [-0.2, 0) is 4.87 Å². The zero-order chi connectivity index (χ0) is 7.19. The Morgan fingerprint density at radius 2 is 2.40 bits per heavy atom. The molecule has 0 saturated heterocycles. The summed E-state index contributed by atoms with van der Waals surface area (Å²) in [6, 6.07) is 0. The topological polar surface area (TPSA) is 28.7 Å². The van der Waals surface area contributed by atoms with E-state index in [1.165, 1.54) is 0 Å². The molecule has 1 N–H and O–H groups in total. The third-order valence-corrected chi connectivity index (χ3v) is 2.90. The van der Waals surface area contributed by atoms with Gasteiger partial charge in [-0.25, -0.2) is 0 Å². The summed E-state index contributed by atoms with van der Waals surface area (Å²) in [5.74, 6) is 0. The van der Waals surface area contributed by atoms with Crippen molar-refractivity contribution in [2.45, 2.75) is 17.7 Å². The Kier molecular flexibility index (Phi) is 1.32. The van der Waals surface area contributed by atoms with Gasteiger partial charge in [0.25, 0.3) is 0 Å². The highest BCUT2D eigenvalue weighted by atomic mass is 79.9. The van der Waals surface area contributed by atoms with Crippen molar-refractivity contribution in [1.82, 2.24) is 10.2 Å². The van der Waals surface area contributed by atoms with Crippen molar-refractivity contribution in [2.24, 2.45) is 0 Å². The number of rotatable bonds is 1. The molecule has 4 heteroatoms. The first kappa shape index (κ1) is 6.68. The van der Waals surface area contributed by atoms with E-state index in [0.29, 0.717) is 0 Å². The first-order valence-electron chi connectivity index (χ1n) is 3.11. The van der Waals surface area contributed by atoms with Crippen LogP contribution in [-0.4, -0.2) is 10.2 Å². The average Bonchev–Trinajstić information content (AvgIpc) is 2.44. The van der Waals surface area contributed by atoms with E-state index in [4.69, 9.17) is 11.6 Å². The van der Waals surface area contributed by atoms with Gasteiger partial charge in [-0.3, -0.25) is 5.10 Å². The minimum atomic E-state index is -0.130. The number of H-pyrrole nitrogens is 1. The number of aromatic nitrogens is 2. The molecule has 1 heterocycles. The van der Waals surface area contributed by atoms with Gasteiger partial charge in [0.05, 0.1) is 21.2 Å². The van der Waals surface area contributed by atoms with Gasteiger partial charge in [-0.05, 0) is 28.8 Å².